The molecule has 0 aliphatic carbocycles. The molecule has 0 spiro atoms. The first-order valence-electron chi connectivity index (χ1n) is 4.19. The second kappa shape index (κ2) is 8.40. The molecule has 0 aliphatic rings. The first-order chi connectivity index (χ1) is 6.74. The quantitative estimate of drug-likeness (QED) is 0.530. The minimum Gasteiger partial charge on any atom is -0.356 e. The standard InChI is InChI=1S/C5H6N2O.C4H10O2/c8-4-3-7-2-1-6-5-7;1-4(5-2)6-3/h1-2,4-5H,3H2;4H,1-3H3. The monoisotopic (exact) mass is 200 g/mol. The van der Waals surface area contributed by atoms with Crippen LogP contribution in [0, 0.1) is 0 Å². The van der Waals surface area contributed by atoms with Gasteiger partial charge >= 0.3 is 0 Å². The highest BCUT2D eigenvalue weighted by Crippen LogP contribution is 1.83. The molecule has 0 saturated heterocycles. The summed E-state index contributed by atoms with van der Waals surface area (Å²) in [5, 5.41) is 0. The van der Waals surface area contributed by atoms with Crippen LogP contribution in [0.2, 0.25) is 0 Å². The van der Waals surface area contributed by atoms with E-state index in [-0.39, 0.29) is 6.29 Å². The first kappa shape index (κ1) is 12.8. The van der Waals surface area contributed by atoms with E-state index in [0.29, 0.717) is 6.54 Å². The van der Waals surface area contributed by atoms with Crippen LogP contribution in [0.25, 0.3) is 0 Å². The van der Waals surface area contributed by atoms with E-state index >= 15 is 0 Å². The third kappa shape index (κ3) is 6.33. The molecule has 0 amide bonds. The van der Waals surface area contributed by atoms with Crippen LogP contribution in [0.5, 0.6) is 0 Å². The second-order valence-corrected chi connectivity index (χ2v) is 2.47. The largest absolute Gasteiger partial charge is 0.356 e. The summed E-state index contributed by atoms with van der Waals surface area (Å²) in [6.45, 7) is 2.24. The molecule has 0 fully saturated rings. The fraction of sp³-hybridized carbons (Fsp3) is 0.556. The Kier molecular flexibility index (Phi) is 7.68. The van der Waals surface area contributed by atoms with Crippen LogP contribution >= 0.6 is 0 Å². The van der Waals surface area contributed by atoms with E-state index in [4.69, 9.17) is 0 Å². The van der Waals surface area contributed by atoms with Crippen molar-refractivity contribution in [2.45, 2.75) is 19.8 Å². The average molecular weight is 200 g/mol. The SMILES string of the molecule is COC(C)OC.O=CCn1ccnc1. The fourth-order valence-electron chi connectivity index (χ4n) is 0.577. The zero-order chi connectivity index (χ0) is 10.8. The number of aromatic nitrogens is 2. The maximum Gasteiger partial charge on any atom is 0.154 e. The van der Waals surface area contributed by atoms with Crippen LogP contribution in [0.15, 0.2) is 18.7 Å². The van der Waals surface area contributed by atoms with E-state index < -0.39 is 0 Å². The molecule has 80 valence electrons. The molecule has 5 heteroatoms. The molecule has 1 aromatic heterocycles. The third-order valence-electron chi connectivity index (χ3n) is 1.51. The van der Waals surface area contributed by atoms with Gasteiger partial charge in [0.25, 0.3) is 0 Å². The number of methoxy groups -OCH3 is 2. The van der Waals surface area contributed by atoms with E-state index in [1.165, 1.54) is 0 Å². The summed E-state index contributed by atoms with van der Waals surface area (Å²) < 4.78 is 11.1. The number of aldehydes is 1. The molecule has 0 aliphatic heterocycles. The molecule has 0 atom stereocenters. The van der Waals surface area contributed by atoms with Gasteiger partial charge in [-0.1, -0.05) is 0 Å². The normalized spacial score (nSPS) is 9.43. The summed E-state index contributed by atoms with van der Waals surface area (Å²) >= 11 is 0. The van der Waals surface area contributed by atoms with Gasteiger partial charge in [-0.25, -0.2) is 4.98 Å². The molecule has 1 aromatic rings. The Labute approximate surface area is 83.7 Å². The van der Waals surface area contributed by atoms with E-state index in [1.54, 1.807) is 37.5 Å². The van der Waals surface area contributed by atoms with Gasteiger partial charge in [-0.15, -0.1) is 0 Å². The van der Waals surface area contributed by atoms with Gasteiger partial charge in [0.05, 0.1) is 12.9 Å². The molecular formula is C9H16N2O3. The first-order valence-corrected chi connectivity index (χ1v) is 4.19. The van der Waals surface area contributed by atoms with Crippen molar-refractivity contribution in [2.24, 2.45) is 0 Å². The number of nitrogens with zero attached hydrogens (tertiary/aromatic N) is 2. The molecule has 0 unspecified atom stereocenters. The summed E-state index contributed by atoms with van der Waals surface area (Å²) in [7, 11) is 3.21. The number of carbonyl (C=O) groups is 1. The summed E-state index contributed by atoms with van der Waals surface area (Å²) in [6, 6.07) is 0. The lowest BCUT2D eigenvalue weighted by molar-refractivity contribution is -0.108. The number of carbonyl (C=O) groups excluding carboxylic acids is 1. The Morgan fingerprint density at radius 2 is 2.14 bits per heavy atom. The number of hydrogen-bond acceptors (Lipinski definition) is 4. The number of rotatable bonds is 4. The average Bonchev–Trinajstić information content (AvgIpc) is 2.71. The zero-order valence-corrected chi connectivity index (χ0v) is 8.71. The molecule has 0 bridgehead atoms. The fourth-order valence-corrected chi connectivity index (χ4v) is 0.577. The lowest BCUT2D eigenvalue weighted by atomic mass is 10.7. The number of imidazole rings is 1. The van der Waals surface area contributed by atoms with Crippen molar-refractivity contribution in [1.29, 1.82) is 0 Å². The highest BCUT2D eigenvalue weighted by molar-refractivity contribution is 5.48. The highest BCUT2D eigenvalue weighted by Gasteiger charge is 1.88. The lowest BCUT2D eigenvalue weighted by Crippen LogP contribution is -2.05. The zero-order valence-electron chi connectivity index (χ0n) is 8.71. The maximum atomic E-state index is 9.82. The Hall–Kier alpha value is -1.20. The third-order valence-corrected chi connectivity index (χ3v) is 1.51. The molecule has 0 saturated carbocycles. The van der Waals surface area contributed by atoms with Crippen molar-refractivity contribution < 1.29 is 14.3 Å². The van der Waals surface area contributed by atoms with Crippen molar-refractivity contribution >= 4 is 6.29 Å². The summed E-state index contributed by atoms with van der Waals surface area (Å²) in [6.07, 6.45) is 5.76. The second-order valence-electron chi connectivity index (χ2n) is 2.47. The molecule has 1 rings (SSSR count). The Balaban J connectivity index is 0.000000255. The van der Waals surface area contributed by atoms with Crippen molar-refractivity contribution in [2.75, 3.05) is 14.2 Å². The van der Waals surface area contributed by atoms with Gasteiger partial charge in [0.1, 0.15) is 6.29 Å². The summed E-state index contributed by atoms with van der Waals surface area (Å²) in [4.78, 5) is 13.6. The molecule has 0 aromatic carbocycles. The van der Waals surface area contributed by atoms with E-state index in [9.17, 15) is 4.79 Å². The van der Waals surface area contributed by atoms with Gasteiger partial charge in [-0.3, -0.25) is 0 Å². The number of ether oxygens (including phenoxy) is 2. The minimum atomic E-state index is -0.0648. The predicted octanol–water partition coefficient (Wildman–Crippen LogP) is 0.707. The van der Waals surface area contributed by atoms with Crippen molar-refractivity contribution in [3.63, 3.8) is 0 Å². The van der Waals surface area contributed by atoms with Crippen molar-refractivity contribution in [3.8, 4) is 0 Å². The van der Waals surface area contributed by atoms with Crippen LogP contribution in [0.1, 0.15) is 6.92 Å². The van der Waals surface area contributed by atoms with Crippen molar-refractivity contribution in [1.82, 2.24) is 9.55 Å². The molecular weight excluding hydrogens is 184 g/mol. The van der Waals surface area contributed by atoms with Crippen molar-refractivity contribution in [3.05, 3.63) is 18.7 Å². The summed E-state index contributed by atoms with van der Waals surface area (Å²) in [5.41, 5.74) is 0. The maximum absolute atomic E-state index is 9.82. The van der Waals surface area contributed by atoms with E-state index in [0.717, 1.165) is 6.29 Å². The Morgan fingerprint density at radius 1 is 1.50 bits per heavy atom. The molecule has 0 radical (unpaired) electrons. The van der Waals surface area contributed by atoms with Gasteiger partial charge in [-0.05, 0) is 6.92 Å². The topological polar surface area (TPSA) is 53.4 Å². The van der Waals surface area contributed by atoms with Crippen LogP contribution in [0.3, 0.4) is 0 Å². The molecule has 14 heavy (non-hydrogen) atoms. The highest BCUT2D eigenvalue weighted by atomic mass is 16.7. The van der Waals surface area contributed by atoms with E-state index in [1.807, 2.05) is 6.92 Å². The van der Waals surface area contributed by atoms with Gasteiger partial charge in [-0.2, -0.15) is 0 Å². The van der Waals surface area contributed by atoms with Crippen LogP contribution < -0.4 is 0 Å². The van der Waals surface area contributed by atoms with Gasteiger partial charge in [0, 0.05) is 26.6 Å². The smallest absolute Gasteiger partial charge is 0.154 e. The summed E-state index contributed by atoms with van der Waals surface area (Å²) in [5.74, 6) is 0. The molecule has 0 N–H and O–H groups in total. The van der Waals surface area contributed by atoms with Crippen LogP contribution in [-0.2, 0) is 20.8 Å². The molecule has 1 heterocycles. The predicted molar refractivity (Wildman–Crippen MR) is 51.8 cm³/mol. The Morgan fingerprint density at radius 3 is 2.43 bits per heavy atom. The molecule has 5 nitrogen and oxygen atoms in total. The van der Waals surface area contributed by atoms with Crippen LogP contribution in [0.4, 0.5) is 0 Å². The van der Waals surface area contributed by atoms with E-state index in [2.05, 4.69) is 14.5 Å². The van der Waals surface area contributed by atoms with Gasteiger partial charge in [0.2, 0.25) is 0 Å². The Bertz CT molecular complexity index is 220. The number of hydrogen-bond donors (Lipinski definition) is 0. The van der Waals surface area contributed by atoms with Crippen LogP contribution in [-0.4, -0.2) is 36.3 Å². The lowest BCUT2D eigenvalue weighted by Gasteiger charge is -2.03. The minimum absolute atomic E-state index is 0.0648. The van der Waals surface area contributed by atoms with Gasteiger partial charge in [0.15, 0.2) is 6.29 Å². The van der Waals surface area contributed by atoms with Gasteiger partial charge < -0.3 is 18.8 Å².